The van der Waals surface area contributed by atoms with Crippen molar-refractivity contribution in [3.05, 3.63) is 29.8 Å². The van der Waals surface area contributed by atoms with E-state index in [0.717, 1.165) is 32.0 Å². The Balaban J connectivity index is 2.02. The fourth-order valence-corrected chi connectivity index (χ4v) is 2.92. The molecule has 0 radical (unpaired) electrons. The molecule has 1 aliphatic heterocycles. The molecule has 15 heavy (non-hydrogen) atoms. The molecule has 0 atom stereocenters. The zero-order valence-electron chi connectivity index (χ0n) is 8.30. The summed E-state index contributed by atoms with van der Waals surface area (Å²) in [6.45, 7) is 1.99. The summed E-state index contributed by atoms with van der Waals surface area (Å²) < 4.78 is 25.8. The Kier molecular flexibility index (Phi) is 3.59. The summed E-state index contributed by atoms with van der Waals surface area (Å²) in [6.07, 6.45) is 2.12. The van der Waals surface area contributed by atoms with Gasteiger partial charge in [0.2, 0.25) is 0 Å². The van der Waals surface area contributed by atoms with Gasteiger partial charge in [-0.2, -0.15) is 0 Å². The second kappa shape index (κ2) is 4.94. The van der Waals surface area contributed by atoms with E-state index in [2.05, 4.69) is 5.32 Å². The van der Waals surface area contributed by atoms with Crippen LogP contribution in [0.1, 0.15) is 12.8 Å². The monoisotopic (exact) mass is 229 g/mol. The summed E-state index contributed by atoms with van der Waals surface area (Å²) in [5, 5.41) is 3.74. The number of benzene rings is 1. The van der Waals surface area contributed by atoms with Gasteiger partial charge in [-0.3, -0.25) is 0 Å². The van der Waals surface area contributed by atoms with Gasteiger partial charge in [-0.15, -0.1) is 11.8 Å². The number of hydrogen-bond donors (Lipinski definition) is 1. The van der Waals surface area contributed by atoms with Crippen LogP contribution in [0.3, 0.4) is 0 Å². The standard InChI is InChI=1S/C11H13F2NS/c12-8-5-9(13)7-11(6-8)15-10-1-3-14-4-2-10/h5-7,10,14H,1-4H2. The molecule has 1 saturated heterocycles. The molecular formula is C11H13F2NS. The van der Waals surface area contributed by atoms with Crippen molar-refractivity contribution in [1.29, 1.82) is 0 Å². The van der Waals surface area contributed by atoms with E-state index in [1.807, 2.05) is 0 Å². The molecule has 0 unspecified atom stereocenters. The highest BCUT2D eigenvalue weighted by atomic mass is 32.2. The quantitative estimate of drug-likeness (QED) is 0.837. The smallest absolute Gasteiger partial charge is 0.127 e. The van der Waals surface area contributed by atoms with Gasteiger partial charge in [0.25, 0.3) is 0 Å². The number of halogens is 2. The molecule has 1 nitrogen and oxygen atoms in total. The van der Waals surface area contributed by atoms with Crippen LogP contribution in [0.5, 0.6) is 0 Å². The van der Waals surface area contributed by atoms with Crippen LogP contribution in [0.15, 0.2) is 23.1 Å². The van der Waals surface area contributed by atoms with Crippen molar-refractivity contribution in [2.24, 2.45) is 0 Å². The van der Waals surface area contributed by atoms with Crippen LogP contribution >= 0.6 is 11.8 Å². The predicted octanol–water partition coefficient (Wildman–Crippen LogP) is 2.81. The van der Waals surface area contributed by atoms with Crippen LogP contribution in [0, 0.1) is 11.6 Å². The van der Waals surface area contributed by atoms with E-state index in [-0.39, 0.29) is 0 Å². The van der Waals surface area contributed by atoms with E-state index in [9.17, 15) is 8.78 Å². The van der Waals surface area contributed by atoms with E-state index in [0.29, 0.717) is 10.1 Å². The minimum atomic E-state index is -0.494. The van der Waals surface area contributed by atoms with E-state index in [1.54, 1.807) is 11.8 Å². The summed E-state index contributed by atoms with van der Waals surface area (Å²) in [5.41, 5.74) is 0. The average molecular weight is 229 g/mol. The molecule has 0 aliphatic carbocycles. The van der Waals surface area contributed by atoms with E-state index < -0.39 is 11.6 Å². The van der Waals surface area contributed by atoms with Crippen LogP contribution in [-0.2, 0) is 0 Å². The van der Waals surface area contributed by atoms with Crippen molar-refractivity contribution < 1.29 is 8.78 Å². The number of nitrogens with one attached hydrogen (secondary N) is 1. The zero-order valence-corrected chi connectivity index (χ0v) is 9.12. The van der Waals surface area contributed by atoms with Crippen molar-refractivity contribution in [1.82, 2.24) is 5.32 Å². The Morgan fingerprint density at radius 1 is 1.07 bits per heavy atom. The molecule has 1 N–H and O–H groups in total. The second-order valence-corrected chi connectivity index (χ2v) is 5.05. The maximum absolute atomic E-state index is 12.9. The third-order valence-corrected chi connectivity index (χ3v) is 3.74. The van der Waals surface area contributed by atoms with Gasteiger partial charge in [0, 0.05) is 16.2 Å². The van der Waals surface area contributed by atoms with Crippen molar-refractivity contribution in [2.45, 2.75) is 23.0 Å². The Bertz CT molecular complexity index is 317. The number of rotatable bonds is 2. The van der Waals surface area contributed by atoms with Crippen molar-refractivity contribution in [3.8, 4) is 0 Å². The molecule has 1 heterocycles. The zero-order chi connectivity index (χ0) is 10.7. The van der Waals surface area contributed by atoms with Crippen molar-refractivity contribution >= 4 is 11.8 Å². The normalized spacial score (nSPS) is 18.0. The fourth-order valence-electron chi connectivity index (χ4n) is 1.70. The van der Waals surface area contributed by atoms with Crippen molar-refractivity contribution in [3.63, 3.8) is 0 Å². The van der Waals surface area contributed by atoms with Gasteiger partial charge in [0.05, 0.1) is 0 Å². The highest BCUT2D eigenvalue weighted by Crippen LogP contribution is 2.29. The van der Waals surface area contributed by atoms with Crippen LogP contribution in [-0.4, -0.2) is 18.3 Å². The topological polar surface area (TPSA) is 12.0 Å². The number of hydrogen-bond acceptors (Lipinski definition) is 2. The summed E-state index contributed by atoms with van der Waals surface area (Å²) in [6, 6.07) is 3.71. The number of thioether (sulfide) groups is 1. The predicted molar refractivity (Wildman–Crippen MR) is 58.1 cm³/mol. The summed E-state index contributed by atoms with van der Waals surface area (Å²) >= 11 is 1.57. The minimum absolute atomic E-state index is 0.479. The maximum atomic E-state index is 12.9. The molecule has 0 amide bonds. The molecule has 2 rings (SSSR count). The fraction of sp³-hybridized carbons (Fsp3) is 0.455. The third kappa shape index (κ3) is 3.18. The van der Waals surface area contributed by atoms with Gasteiger partial charge in [-0.1, -0.05) is 0 Å². The molecule has 1 aromatic rings. The highest BCUT2D eigenvalue weighted by molar-refractivity contribution is 8.00. The molecule has 0 spiro atoms. The van der Waals surface area contributed by atoms with Gasteiger partial charge in [0.1, 0.15) is 11.6 Å². The van der Waals surface area contributed by atoms with Gasteiger partial charge in [-0.05, 0) is 38.1 Å². The molecule has 1 fully saturated rings. The lowest BCUT2D eigenvalue weighted by molar-refractivity contribution is 0.531. The molecule has 0 bridgehead atoms. The molecule has 1 aromatic carbocycles. The van der Waals surface area contributed by atoms with Crippen molar-refractivity contribution in [2.75, 3.05) is 13.1 Å². The van der Waals surface area contributed by atoms with Gasteiger partial charge >= 0.3 is 0 Å². The van der Waals surface area contributed by atoms with Crippen LogP contribution < -0.4 is 5.32 Å². The first kappa shape index (κ1) is 10.9. The third-order valence-electron chi connectivity index (χ3n) is 2.42. The first-order chi connectivity index (χ1) is 7.24. The SMILES string of the molecule is Fc1cc(F)cc(SC2CCNCC2)c1. The van der Waals surface area contributed by atoms with Crippen LogP contribution in [0.2, 0.25) is 0 Å². The molecule has 0 aromatic heterocycles. The summed E-state index contributed by atoms with van der Waals surface area (Å²) in [5.74, 6) is -0.988. The minimum Gasteiger partial charge on any atom is -0.317 e. The van der Waals surface area contributed by atoms with E-state index in [4.69, 9.17) is 0 Å². The lowest BCUT2D eigenvalue weighted by Gasteiger charge is -2.21. The van der Waals surface area contributed by atoms with Crippen LogP contribution in [0.4, 0.5) is 8.78 Å². The molecule has 4 heteroatoms. The Morgan fingerprint density at radius 3 is 2.27 bits per heavy atom. The van der Waals surface area contributed by atoms with Crippen LogP contribution in [0.25, 0.3) is 0 Å². The lowest BCUT2D eigenvalue weighted by atomic mass is 10.2. The second-order valence-electron chi connectivity index (χ2n) is 3.67. The summed E-state index contributed by atoms with van der Waals surface area (Å²) in [4.78, 5) is 0.694. The van der Waals surface area contributed by atoms with E-state index >= 15 is 0 Å². The van der Waals surface area contributed by atoms with Gasteiger partial charge in [-0.25, -0.2) is 8.78 Å². The Labute approximate surface area is 92.3 Å². The largest absolute Gasteiger partial charge is 0.317 e. The lowest BCUT2D eigenvalue weighted by Crippen LogP contribution is -2.29. The highest BCUT2D eigenvalue weighted by Gasteiger charge is 2.14. The first-order valence-electron chi connectivity index (χ1n) is 5.07. The average Bonchev–Trinajstić information content (AvgIpc) is 2.17. The first-order valence-corrected chi connectivity index (χ1v) is 5.95. The summed E-state index contributed by atoms with van der Waals surface area (Å²) in [7, 11) is 0. The van der Waals surface area contributed by atoms with E-state index in [1.165, 1.54) is 12.1 Å². The molecule has 0 saturated carbocycles. The van der Waals surface area contributed by atoms with Gasteiger partial charge < -0.3 is 5.32 Å². The Morgan fingerprint density at radius 2 is 1.67 bits per heavy atom. The van der Waals surface area contributed by atoms with Gasteiger partial charge in [0.15, 0.2) is 0 Å². The molecule has 82 valence electrons. The molecular weight excluding hydrogens is 216 g/mol. The molecule has 1 aliphatic rings. The Hall–Kier alpha value is -0.610. The maximum Gasteiger partial charge on any atom is 0.127 e. The number of piperidine rings is 1.